The van der Waals surface area contributed by atoms with E-state index in [2.05, 4.69) is 18.8 Å². The van der Waals surface area contributed by atoms with E-state index < -0.39 is 0 Å². The third kappa shape index (κ3) is 4.17. The summed E-state index contributed by atoms with van der Waals surface area (Å²) in [5, 5.41) is 12.3. The molecule has 0 fully saturated rings. The smallest absolute Gasteiger partial charge is 0.0610 e. The fourth-order valence-corrected chi connectivity index (χ4v) is 0.769. The number of nitrogens with one attached hydrogen (secondary N) is 1. The van der Waals surface area contributed by atoms with Gasteiger partial charge in [0.2, 0.25) is 0 Å². The van der Waals surface area contributed by atoms with E-state index in [0.717, 1.165) is 19.4 Å². The molecule has 0 bridgehead atoms. The molecule has 0 rings (SSSR count). The van der Waals surface area contributed by atoms with Crippen molar-refractivity contribution in [1.82, 2.24) is 5.32 Å². The van der Waals surface area contributed by atoms with Crippen LogP contribution < -0.4 is 5.32 Å². The molecule has 0 aromatic heterocycles. The maximum Gasteiger partial charge on any atom is 0.0610 e. The van der Waals surface area contributed by atoms with Gasteiger partial charge in [-0.15, -0.1) is 6.58 Å². The molecule has 11 heavy (non-hydrogen) atoms. The van der Waals surface area contributed by atoms with Crippen molar-refractivity contribution in [1.29, 1.82) is 0 Å². The predicted molar refractivity (Wildman–Crippen MR) is 48.6 cm³/mol. The molecule has 2 N–H and O–H groups in total. The van der Waals surface area contributed by atoms with Crippen LogP contribution in [0.2, 0.25) is 0 Å². The third-order valence-corrected chi connectivity index (χ3v) is 2.03. The Morgan fingerprint density at radius 2 is 2.27 bits per heavy atom. The van der Waals surface area contributed by atoms with E-state index in [1.165, 1.54) is 0 Å². The molecule has 1 atom stereocenters. The zero-order chi connectivity index (χ0) is 8.74. The van der Waals surface area contributed by atoms with Crippen LogP contribution in [-0.2, 0) is 0 Å². The first-order valence-electron chi connectivity index (χ1n) is 4.15. The average molecular weight is 157 g/mol. The summed E-state index contributed by atoms with van der Waals surface area (Å²) in [5.74, 6) is 0. The fourth-order valence-electron chi connectivity index (χ4n) is 0.769. The van der Waals surface area contributed by atoms with Crippen LogP contribution in [0.3, 0.4) is 0 Å². The number of rotatable bonds is 6. The highest BCUT2D eigenvalue weighted by atomic mass is 16.3. The minimum Gasteiger partial charge on any atom is -0.394 e. The normalized spacial score (nSPS) is 15.9. The monoisotopic (exact) mass is 157 g/mol. The average Bonchev–Trinajstić information content (AvgIpc) is 2.05. The topological polar surface area (TPSA) is 32.3 Å². The van der Waals surface area contributed by atoms with Crippen LogP contribution in [0.15, 0.2) is 12.7 Å². The second-order valence-corrected chi connectivity index (χ2v) is 3.08. The molecular formula is C9H19NO. The first-order chi connectivity index (χ1) is 5.18. The minimum atomic E-state index is -0.108. The molecule has 0 aliphatic heterocycles. The number of aliphatic hydroxyl groups excluding tert-OH is 1. The maximum absolute atomic E-state index is 9.00. The van der Waals surface area contributed by atoms with Gasteiger partial charge < -0.3 is 10.4 Å². The van der Waals surface area contributed by atoms with Crippen molar-refractivity contribution in [2.75, 3.05) is 13.2 Å². The second kappa shape index (κ2) is 5.33. The zero-order valence-corrected chi connectivity index (χ0v) is 7.56. The van der Waals surface area contributed by atoms with Crippen molar-refractivity contribution in [3.8, 4) is 0 Å². The lowest BCUT2D eigenvalue weighted by Crippen LogP contribution is -2.45. The lowest BCUT2D eigenvalue weighted by atomic mass is 10.0. The number of aliphatic hydroxyl groups is 1. The molecule has 2 nitrogen and oxygen atoms in total. The van der Waals surface area contributed by atoms with Crippen LogP contribution in [0, 0.1) is 0 Å². The molecule has 0 amide bonds. The van der Waals surface area contributed by atoms with Gasteiger partial charge in [0, 0.05) is 5.54 Å². The van der Waals surface area contributed by atoms with Gasteiger partial charge in [-0.25, -0.2) is 0 Å². The Balaban J connectivity index is 3.59. The number of hydrogen-bond donors (Lipinski definition) is 2. The highest BCUT2D eigenvalue weighted by Gasteiger charge is 2.18. The van der Waals surface area contributed by atoms with Crippen molar-refractivity contribution >= 4 is 0 Å². The van der Waals surface area contributed by atoms with Gasteiger partial charge in [0.05, 0.1) is 6.61 Å². The quantitative estimate of drug-likeness (QED) is 0.450. The van der Waals surface area contributed by atoms with Crippen molar-refractivity contribution in [2.24, 2.45) is 0 Å². The minimum absolute atomic E-state index is 0.108. The van der Waals surface area contributed by atoms with Gasteiger partial charge >= 0.3 is 0 Å². The highest BCUT2D eigenvalue weighted by molar-refractivity contribution is 4.81. The Morgan fingerprint density at radius 1 is 1.64 bits per heavy atom. The summed E-state index contributed by atoms with van der Waals surface area (Å²) in [5.41, 5.74) is -0.108. The fraction of sp³-hybridized carbons (Fsp3) is 0.778. The zero-order valence-electron chi connectivity index (χ0n) is 7.56. The van der Waals surface area contributed by atoms with E-state index >= 15 is 0 Å². The second-order valence-electron chi connectivity index (χ2n) is 3.08. The molecule has 0 spiro atoms. The van der Waals surface area contributed by atoms with Crippen LogP contribution in [-0.4, -0.2) is 23.8 Å². The lowest BCUT2D eigenvalue weighted by molar-refractivity contribution is 0.171. The van der Waals surface area contributed by atoms with Crippen molar-refractivity contribution in [2.45, 2.75) is 32.2 Å². The van der Waals surface area contributed by atoms with Gasteiger partial charge in [0.25, 0.3) is 0 Å². The Bertz CT molecular complexity index is 108. The first kappa shape index (κ1) is 10.7. The Kier molecular flexibility index (Phi) is 5.16. The molecule has 0 heterocycles. The summed E-state index contributed by atoms with van der Waals surface area (Å²) >= 11 is 0. The van der Waals surface area contributed by atoms with E-state index in [0.29, 0.717) is 0 Å². The third-order valence-electron chi connectivity index (χ3n) is 2.03. The van der Waals surface area contributed by atoms with Crippen LogP contribution in [0.5, 0.6) is 0 Å². The van der Waals surface area contributed by atoms with Gasteiger partial charge in [-0.3, -0.25) is 0 Å². The van der Waals surface area contributed by atoms with Crippen LogP contribution in [0.1, 0.15) is 26.7 Å². The summed E-state index contributed by atoms with van der Waals surface area (Å²) in [6.45, 7) is 8.81. The molecule has 0 saturated heterocycles. The van der Waals surface area contributed by atoms with Gasteiger partial charge in [0.1, 0.15) is 0 Å². The number of hydrogen-bond acceptors (Lipinski definition) is 2. The van der Waals surface area contributed by atoms with Crippen LogP contribution >= 0.6 is 0 Å². The molecular weight excluding hydrogens is 138 g/mol. The van der Waals surface area contributed by atoms with Gasteiger partial charge in [-0.1, -0.05) is 13.0 Å². The first-order valence-corrected chi connectivity index (χ1v) is 4.15. The SMILES string of the molecule is C=CCCNC(C)(CC)CO. The van der Waals surface area contributed by atoms with Crippen molar-refractivity contribution in [3.63, 3.8) is 0 Å². The van der Waals surface area contributed by atoms with E-state index in [9.17, 15) is 0 Å². The van der Waals surface area contributed by atoms with Crippen LogP contribution in [0.25, 0.3) is 0 Å². The Labute approximate surface area is 69.3 Å². The molecule has 1 unspecified atom stereocenters. The summed E-state index contributed by atoms with van der Waals surface area (Å²) in [6, 6.07) is 0. The predicted octanol–water partition coefficient (Wildman–Crippen LogP) is 1.31. The summed E-state index contributed by atoms with van der Waals surface area (Å²) in [4.78, 5) is 0. The maximum atomic E-state index is 9.00. The van der Waals surface area contributed by atoms with Crippen molar-refractivity contribution < 1.29 is 5.11 Å². The van der Waals surface area contributed by atoms with E-state index in [1.807, 2.05) is 13.0 Å². The molecule has 0 radical (unpaired) electrons. The van der Waals surface area contributed by atoms with Gasteiger partial charge in [-0.05, 0) is 26.3 Å². The highest BCUT2D eigenvalue weighted by Crippen LogP contribution is 2.06. The lowest BCUT2D eigenvalue weighted by Gasteiger charge is -2.26. The molecule has 0 aromatic carbocycles. The van der Waals surface area contributed by atoms with Gasteiger partial charge in [-0.2, -0.15) is 0 Å². The molecule has 0 aromatic rings. The standard InChI is InChI=1S/C9H19NO/c1-4-6-7-10-9(3,5-2)8-11/h4,10-11H,1,5-8H2,2-3H3. The van der Waals surface area contributed by atoms with Crippen molar-refractivity contribution in [3.05, 3.63) is 12.7 Å². The molecule has 0 aliphatic rings. The van der Waals surface area contributed by atoms with E-state index in [-0.39, 0.29) is 12.1 Å². The van der Waals surface area contributed by atoms with E-state index in [1.54, 1.807) is 0 Å². The largest absolute Gasteiger partial charge is 0.394 e. The van der Waals surface area contributed by atoms with E-state index in [4.69, 9.17) is 5.11 Å². The molecule has 2 heteroatoms. The summed E-state index contributed by atoms with van der Waals surface area (Å²) in [6.07, 6.45) is 3.77. The molecule has 0 saturated carbocycles. The summed E-state index contributed by atoms with van der Waals surface area (Å²) in [7, 11) is 0. The molecule has 0 aliphatic carbocycles. The molecule has 66 valence electrons. The summed E-state index contributed by atoms with van der Waals surface area (Å²) < 4.78 is 0. The Morgan fingerprint density at radius 3 is 2.64 bits per heavy atom. The Hall–Kier alpha value is -0.340. The van der Waals surface area contributed by atoms with Crippen LogP contribution in [0.4, 0.5) is 0 Å². The van der Waals surface area contributed by atoms with Gasteiger partial charge in [0.15, 0.2) is 0 Å².